The summed E-state index contributed by atoms with van der Waals surface area (Å²) in [6, 6.07) is 9.12. The third kappa shape index (κ3) is 4.74. The Balaban J connectivity index is 1.28. The van der Waals surface area contributed by atoms with Crippen molar-refractivity contribution in [2.75, 3.05) is 34.8 Å². The van der Waals surface area contributed by atoms with Gasteiger partial charge in [0.1, 0.15) is 11.9 Å². The molecule has 0 bridgehead atoms. The molecule has 31 heavy (non-hydrogen) atoms. The molecule has 2 aliphatic rings. The highest BCUT2D eigenvalue weighted by Gasteiger charge is 2.32. The Morgan fingerprint density at radius 3 is 2.94 bits per heavy atom. The first-order valence-corrected chi connectivity index (χ1v) is 10.8. The fourth-order valence-electron chi connectivity index (χ4n) is 3.49. The van der Waals surface area contributed by atoms with Crippen LogP contribution < -0.4 is 21.3 Å². The second kappa shape index (κ2) is 8.84. The maximum atomic E-state index is 13.1. The third-order valence-corrected chi connectivity index (χ3v) is 6.10. The van der Waals surface area contributed by atoms with Crippen LogP contribution in [0.15, 0.2) is 41.3 Å². The highest BCUT2D eigenvalue weighted by Crippen LogP contribution is 2.35. The number of fused-ring (bicyclic) bond motifs is 1. The smallest absolute Gasteiger partial charge is 0.414 e. The van der Waals surface area contributed by atoms with E-state index in [-0.39, 0.29) is 29.2 Å². The molecule has 0 aromatic heterocycles. The molecular formula is C21H21FN4O4S. The molecule has 10 heteroatoms. The first-order valence-electron chi connectivity index (χ1n) is 9.79. The normalized spacial score (nSPS) is 17.7. The molecule has 4 rings (SSSR count). The first-order chi connectivity index (χ1) is 14.9. The molecule has 0 aliphatic carbocycles. The molecule has 1 atom stereocenters. The van der Waals surface area contributed by atoms with E-state index in [0.29, 0.717) is 43.1 Å². The number of nitrogen functional groups attached to an aromatic ring is 1. The molecule has 2 aliphatic heterocycles. The molecule has 1 fully saturated rings. The Hall–Kier alpha value is -3.27. The lowest BCUT2D eigenvalue weighted by Gasteiger charge is -2.20. The number of nitrogens with zero attached hydrogens (tertiary/aromatic N) is 1. The fourth-order valence-corrected chi connectivity index (χ4v) is 4.28. The van der Waals surface area contributed by atoms with Gasteiger partial charge in [-0.3, -0.25) is 14.5 Å². The number of nitrogens with one attached hydrogen (secondary N) is 2. The van der Waals surface area contributed by atoms with E-state index in [0.717, 1.165) is 11.0 Å². The lowest BCUT2D eigenvalue weighted by atomic mass is 10.1. The largest absolute Gasteiger partial charge is 0.444 e. The Kier molecular flexibility index (Phi) is 5.99. The SMILES string of the molecule is Nc1cc(F)ccc1C(=O)NCCC[C@@H]1CN(c2ccc3c(c2)NC(=O)CS3)C(=O)O1. The number of carbonyl (C=O) groups is 3. The van der Waals surface area contributed by atoms with Crippen molar-refractivity contribution in [2.45, 2.75) is 23.8 Å². The lowest BCUT2D eigenvalue weighted by Crippen LogP contribution is -2.27. The molecule has 2 aromatic carbocycles. The number of nitrogens with two attached hydrogens (primary N) is 1. The van der Waals surface area contributed by atoms with E-state index in [4.69, 9.17) is 10.5 Å². The van der Waals surface area contributed by atoms with E-state index in [2.05, 4.69) is 10.6 Å². The molecule has 0 saturated carbocycles. The quantitative estimate of drug-likeness (QED) is 0.466. The number of hydrogen-bond donors (Lipinski definition) is 3. The molecule has 8 nitrogen and oxygen atoms in total. The van der Waals surface area contributed by atoms with Gasteiger partial charge >= 0.3 is 6.09 Å². The Morgan fingerprint density at radius 1 is 1.29 bits per heavy atom. The lowest BCUT2D eigenvalue weighted by molar-refractivity contribution is -0.113. The zero-order chi connectivity index (χ0) is 22.0. The standard InChI is InChI=1S/C21H21FN4O4S/c22-12-3-5-15(16(23)8-12)20(28)24-7-1-2-14-10-26(21(29)30-14)13-4-6-18-17(9-13)25-19(27)11-31-18/h3-6,8-9,14H,1-2,7,10-11,23H2,(H,24,28)(H,25,27)/t14-/m1/s1. The second-order valence-corrected chi connectivity index (χ2v) is 8.28. The maximum Gasteiger partial charge on any atom is 0.414 e. The molecule has 3 amide bonds. The number of thioether (sulfide) groups is 1. The minimum Gasteiger partial charge on any atom is -0.444 e. The molecule has 1 saturated heterocycles. The topological polar surface area (TPSA) is 114 Å². The highest BCUT2D eigenvalue weighted by molar-refractivity contribution is 8.00. The van der Waals surface area contributed by atoms with Gasteiger partial charge in [-0.15, -0.1) is 11.8 Å². The van der Waals surface area contributed by atoms with Gasteiger partial charge in [-0.25, -0.2) is 9.18 Å². The van der Waals surface area contributed by atoms with E-state index >= 15 is 0 Å². The van der Waals surface area contributed by atoms with Gasteiger partial charge in [-0.05, 0) is 49.2 Å². The summed E-state index contributed by atoms with van der Waals surface area (Å²) in [6.45, 7) is 0.753. The number of hydrogen-bond acceptors (Lipinski definition) is 6. The van der Waals surface area contributed by atoms with Crippen LogP contribution in [-0.2, 0) is 9.53 Å². The van der Waals surface area contributed by atoms with Crippen molar-refractivity contribution in [2.24, 2.45) is 0 Å². The number of cyclic esters (lactones) is 1. The van der Waals surface area contributed by atoms with Crippen LogP contribution in [0.25, 0.3) is 0 Å². The number of halogens is 1. The van der Waals surface area contributed by atoms with Crippen molar-refractivity contribution in [1.29, 1.82) is 0 Å². The Bertz CT molecular complexity index is 1050. The number of amides is 3. The number of carbonyl (C=O) groups excluding carboxylic acids is 3. The summed E-state index contributed by atoms with van der Waals surface area (Å²) in [5.41, 5.74) is 7.33. The number of anilines is 3. The van der Waals surface area contributed by atoms with E-state index in [1.54, 1.807) is 6.07 Å². The zero-order valence-electron chi connectivity index (χ0n) is 16.5. The molecule has 0 unspecified atom stereocenters. The molecule has 0 spiro atoms. The summed E-state index contributed by atoms with van der Waals surface area (Å²) in [4.78, 5) is 38.6. The minimum absolute atomic E-state index is 0.0686. The zero-order valence-corrected chi connectivity index (χ0v) is 17.3. The van der Waals surface area contributed by atoms with Crippen LogP contribution in [0.1, 0.15) is 23.2 Å². The van der Waals surface area contributed by atoms with Crippen LogP contribution in [-0.4, -0.2) is 42.9 Å². The van der Waals surface area contributed by atoms with E-state index < -0.39 is 11.9 Å². The van der Waals surface area contributed by atoms with Crippen LogP contribution in [0.4, 0.5) is 26.2 Å². The monoisotopic (exact) mass is 444 g/mol. The van der Waals surface area contributed by atoms with Gasteiger partial charge in [-0.1, -0.05) is 0 Å². The highest BCUT2D eigenvalue weighted by atomic mass is 32.2. The average Bonchev–Trinajstić information content (AvgIpc) is 3.11. The molecule has 0 radical (unpaired) electrons. The summed E-state index contributed by atoms with van der Waals surface area (Å²) in [5, 5.41) is 5.55. The predicted octanol–water partition coefficient (Wildman–Crippen LogP) is 2.99. The van der Waals surface area contributed by atoms with Crippen LogP contribution >= 0.6 is 11.8 Å². The summed E-state index contributed by atoms with van der Waals surface area (Å²) >= 11 is 1.46. The number of ether oxygens (including phenoxy) is 1. The third-order valence-electron chi connectivity index (χ3n) is 5.03. The molecule has 2 aromatic rings. The van der Waals surface area contributed by atoms with Crippen LogP contribution in [0.2, 0.25) is 0 Å². The predicted molar refractivity (Wildman–Crippen MR) is 116 cm³/mol. The van der Waals surface area contributed by atoms with Crippen molar-refractivity contribution in [3.63, 3.8) is 0 Å². The van der Waals surface area contributed by atoms with Gasteiger partial charge in [-0.2, -0.15) is 0 Å². The summed E-state index contributed by atoms with van der Waals surface area (Å²) in [5.74, 6) is -0.566. The summed E-state index contributed by atoms with van der Waals surface area (Å²) < 4.78 is 18.5. The first kappa shape index (κ1) is 21.0. The summed E-state index contributed by atoms with van der Waals surface area (Å²) in [7, 11) is 0. The molecule has 162 valence electrons. The van der Waals surface area contributed by atoms with Gasteiger partial charge in [0.25, 0.3) is 5.91 Å². The van der Waals surface area contributed by atoms with Crippen molar-refractivity contribution >= 4 is 46.7 Å². The van der Waals surface area contributed by atoms with Crippen molar-refractivity contribution in [3.8, 4) is 0 Å². The van der Waals surface area contributed by atoms with Gasteiger partial charge in [0.15, 0.2) is 0 Å². The van der Waals surface area contributed by atoms with E-state index in [1.807, 2.05) is 12.1 Å². The average molecular weight is 444 g/mol. The Morgan fingerprint density at radius 2 is 2.13 bits per heavy atom. The minimum atomic E-state index is -0.498. The van der Waals surface area contributed by atoms with E-state index in [1.165, 1.54) is 28.8 Å². The molecular weight excluding hydrogens is 423 g/mol. The van der Waals surface area contributed by atoms with Crippen molar-refractivity contribution < 1.29 is 23.5 Å². The number of benzene rings is 2. The van der Waals surface area contributed by atoms with Gasteiger partial charge in [0.05, 0.1) is 23.5 Å². The van der Waals surface area contributed by atoms with Crippen LogP contribution in [0.5, 0.6) is 0 Å². The molecule has 2 heterocycles. The maximum absolute atomic E-state index is 13.1. The van der Waals surface area contributed by atoms with Gasteiger partial charge in [0, 0.05) is 22.8 Å². The Labute approximate surface area is 182 Å². The number of rotatable bonds is 6. The van der Waals surface area contributed by atoms with Crippen molar-refractivity contribution in [3.05, 3.63) is 47.8 Å². The fraction of sp³-hybridized carbons (Fsp3) is 0.286. The summed E-state index contributed by atoms with van der Waals surface area (Å²) in [6.07, 6.45) is 0.414. The van der Waals surface area contributed by atoms with Gasteiger partial charge < -0.3 is 21.1 Å². The van der Waals surface area contributed by atoms with Crippen molar-refractivity contribution in [1.82, 2.24) is 5.32 Å². The molecule has 4 N–H and O–H groups in total. The van der Waals surface area contributed by atoms with Crippen LogP contribution in [0, 0.1) is 5.82 Å². The second-order valence-electron chi connectivity index (χ2n) is 7.26. The van der Waals surface area contributed by atoms with E-state index in [9.17, 15) is 18.8 Å². The van der Waals surface area contributed by atoms with Crippen LogP contribution in [0.3, 0.4) is 0 Å². The van der Waals surface area contributed by atoms with Gasteiger partial charge in [0.2, 0.25) is 5.91 Å².